The van der Waals surface area contributed by atoms with Gasteiger partial charge in [-0.25, -0.2) is 18.3 Å². The molecular formula is C103H118N4+4. The van der Waals surface area contributed by atoms with Gasteiger partial charge < -0.3 is 0 Å². The highest BCUT2D eigenvalue weighted by molar-refractivity contribution is 5.82. The molecule has 0 saturated carbocycles. The van der Waals surface area contributed by atoms with Crippen molar-refractivity contribution < 1.29 is 18.3 Å². The Morgan fingerprint density at radius 2 is 0.617 bits per heavy atom. The van der Waals surface area contributed by atoms with E-state index in [1.54, 1.807) is 0 Å². The zero-order valence-corrected chi connectivity index (χ0v) is 69.2. The Hall–Kier alpha value is -10.4. The molecule has 0 N–H and O–H groups in total. The fourth-order valence-corrected chi connectivity index (χ4v) is 15.1. The minimum Gasteiger partial charge on any atom is -0.201 e. The van der Waals surface area contributed by atoms with E-state index in [1.807, 2.05) is 0 Å². The number of pyridine rings is 4. The molecule has 0 aliphatic carbocycles. The Morgan fingerprint density at radius 3 is 1.07 bits per heavy atom. The summed E-state index contributed by atoms with van der Waals surface area (Å²) in [5, 5.41) is 0. The van der Waals surface area contributed by atoms with Crippen molar-refractivity contribution in [3.8, 4) is 101 Å². The van der Waals surface area contributed by atoms with Gasteiger partial charge in [0.1, 0.15) is 28.2 Å². The molecule has 4 heteroatoms. The molecule has 13 aromatic rings. The Morgan fingerprint density at radius 1 is 0.234 bits per heavy atom. The fourth-order valence-electron chi connectivity index (χ4n) is 15.1. The number of hydrogen-bond acceptors (Lipinski definition) is 0. The van der Waals surface area contributed by atoms with Crippen molar-refractivity contribution in [3.05, 3.63) is 332 Å². The lowest BCUT2D eigenvalue weighted by atomic mass is 9.86. The second-order valence-electron chi connectivity index (χ2n) is 33.3. The van der Waals surface area contributed by atoms with E-state index in [9.17, 15) is 0 Å². The molecule has 0 saturated heterocycles. The van der Waals surface area contributed by atoms with Crippen molar-refractivity contribution >= 4 is 0 Å². The van der Waals surface area contributed by atoms with Crippen LogP contribution in [0.2, 0.25) is 0 Å². The number of hydrogen-bond donors (Lipinski definition) is 0. The SMILES string of the molecule is Cc1cc(C)c(-c2cc(-c3cc(-c4ccccc4C)c(C)cc3C)[n+](C)cc2C)c(C)c1.Cc1ccc(-c2ccc(C)c(-c3cc(C)cc[n+]3C)c2)cc1.Cc1ccc(-c2ccc(C)c(-c3cc(CC(C)(C)C)c(C)c[n+]3C)c2)cc1.Cc1ccc(-c2ccc(C)c(-c3cc(CC(C)(C)C)cc[n+]3C)c2)cc1. The molecule has 0 amide bonds. The van der Waals surface area contributed by atoms with Gasteiger partial charge in [-0.3, -0.25) is 0 Å². The van der Waals surface area contributed by atoms with Crippen LogP contribution in [-0.2, 0) is 41.0 Å². The van der Waals surface area contributed by atoms with Crippen LogP contribution in [0.4, 0.5) is 0 Å². The van der Waals surface area contributed by atoms with E-state index < -0.39 is 0 Å². The van der Waals surface area contributed by atoms with Gasteiger partial charge in [0.2, 0.25) is 22.8 Å². The Labute approximate surface area is 643 Å². The molecule has 0 atom stereocenters. The molecule has 0 fully saturated rings. The molecule has 0 aliphatic heterocycles. The highest BCUT2D eigenvalue weighted by Crippen LogP contribution is 2.39. The maximum atomic E-state index is 2.39. The number of aromatic nitrogens is 4. The average molecular weight is 1410 g/mol. The van der Waals surface area contributed by atoms with Crippen LogP contribution in [0.1, 0.15) is 136 Å². The molecule has 4 heterocycles. The molecule has 0 spiro atoms. The Balaban J connectivity index is 0.000000154. The molecule has 0 aliphatic rings. The summed E-state index contributed by atoms with van der Waals surface area (Å²) in [5.41, 5.74) is 46.3. The summed E-state index contributed by atoms with van der Waals surface area (Å²) in [4.78, 5) is 0. The molecule has 0 radical (unpaired) electrons. The van der Waals surface area contributed by atoms with Crippen LogP contribution in [0.3, 0.4) is 0 Å². The van der Waals surface area contributed by atoms with Crippen LogP contribution < -0.4 is 18.3 Å². The van der Waals surface area contributed by atoms with E-state index in [4.69, 9.17) is 0 Å². The molecule has 9 aromatic carbocycles. The summed E-state index contributed by atoms with van der Waals surface area (Å²) in [6, 6.07) is 78.4. The van der Waals surface area contributed by atoms with Crippen LogP contribution in [0, 0.1) is 115 Å². The van der Waals surface area contributed by atoms with Crippen LogP contribution in [0.25, 0.3) is 101 Å². The maximum Gasteiger partial charge on any atom is 0.213 e. The highest BCUT2D eigenvalue weighted by atomic mass is 14.9. The van der Waals surface area contributed by atoms with Crippen molar-refractivity contribution in [1.29, 1.82) is 0 Å². The first-order valence-electron chi connectivity index (χ1n) is 38.3. The highest BCUT2D eigenvalue weighted by Gasteiger charge is 2.25. The molecule has 4 aromatic heterocycles. The van der Waals surface area contributed by atoms with E-state index in [0.29, 0.717) is 0 Å². The quantitative estimate of drug-likeness (QED) is 0.115. The summed E-state index contributed by atoms with van der Waals surface area (Å²) >= 11 is 0. The molecular weight excluding hydrogens is 1290 g/mol. The summed E-state index contributed by atoms with van der Waals surface area (Å²) in [6.07, 6.45) is 11.0. The van der Waals surface area contributed by atoms with E-state index in [2.05, 4.69) is 429 Å². The van der Waals surface area contributed by atoms with Crippen LogP contribution in [0.5, 0.6) is 0 Å². The molecule has 4 nitrogen and oxygen atoms in total. The van der Waals surface area contributed by atoms with Gasteiger partial charge in [0.25, 0.3) is 0 Å². The smallest absolute Gasteiger partial charge is 0.201 e. The van der Waals surface area contributed by atoms with Crippen molar-refractivity contribution in [1.82, 2.24) is 0 Å². The van der Waals surface area contributed by atoms with E-state index in [0.717, 1.165) is 12.8 Å². The lowest BCUT2D eigenvalue weighted by Gasteiger charge is -2.19. The molecule has 0 bridgehead atoms. The van der Waals surface area contributed by atoms with Gasteiger partial charge in [0.05, 0.1) is 0 Å². The fraction of sp³-hybridized carbons (Fsp3) is 0.282. The van der Waals surface area contributed by atoms with Gasteiger partial charge in [-0.1, -0.05) is 215 Å². The topological polar surface area (TPSA) is 15.5 Å². The Bertz CT molecular complexity index is 5330. The van der Waals surface area contributed by atoms with Gasteiger partial charge in [0.15, 0.2) is 24.8 Å². The minimum atomic E-state index is 0.279. The van der Waals surface area contributed by atoms with Crippen molar-refractivity contribution in [2.75, 3.05) is 0 Å². The molecule has 0 unspecified atom stereocenters. The first kappa shape index (κ1) is 79.2. The second kappa shape index (κ2) is 33.6. The summed E-state index contributed by atoms with van der Waals surface area (Å²) in [7, 11) is 8.55. The predicted molar refractivity (Wildman–Crippen MR) is 457 cm³/mol. The van der Waals surface area contributed by atoms with E-state index >= 15 is 0 Å². The summed E-state index contributed by atoms with van der Waals surface area (Å²) in [5.74, 6) is 0. The van der Waals surface area contributed by atoms with Crippen molar-refractivity contribution in [2.24, 2.45) is 39.0 Å². The van der Waals surface area contributed by atoms with Gasteiger partial charge in [-0.2, -0.15) is 0 Å². The average Bonchev–Trinajstić information content (AvgIpc) is 0.764. The number of aryl methyl sites for hydroxylation is 19. The van der Waals surface area contributed by atoms with E-state index in [-0.39, 0.29) is 10.8 Å². The van der Waals surface area contributed by atoms with Crippen LogP contribution in [0.15, 0.2) is 237 Å². The Kier molecular flexibility index (Phi) is 24.8. The normalized spacial score (nSPS) is 11.3. The van der Waals surface area contributed by atoms with Gasteiger partial charge in [0, 0.05) is 69.8 Å². The third-order valence-electron chi connectivity index (χ3n) is 21.0. The lowest BCUT2D eigenvalue weighted by Crippen LogP contribution is -2.32. The molecule has 13 rings (SSSR count). The predicted octanol–water partition coefficient (Wildman–Crippen LogP) is 24.9. The lowest BCUT2D eigenvalue weighted by molar-refractivity contribution is -0.660. The number of benzene rings is 9. The van der Waals surface area contributed by atoms with Gasteiger partial charge in [-0.15, -0.1) is 0 Å². The van der Waals surface area contributed by atoms with E-state index in [1.165, 1.54) is 195 Å². The first-order valence-corrected chi connectivity index (χ1v) is 38.3. The largest absolute Gasteiger partial charge is 0.213 e. The van der Waals surface area contributed by atoms with Gasteiger partial charge >= 0.3 is 0 Å². The third-order valence-corrected chi connectivity index (χ3v) is 21.0. The monoisotopic (exact) mass is 1410 g/mol. The summed E-state index contributed by atoms with van der Waals surface area (Å²) < 4.78 is 8.96. The summed E-state index contributed by atoms with van der Waals surface area (Å²) in [6.45, 7) is 46.6. The first-order chi connectivity index (χ1) is 50.6. The van der Waals surface area contributed by atoms with Crippen LogP contribution >= 0.6 is 0 Å². The van der Waals surface area contributed by atoms with Crippen LogP contribution in [-0.4, -0.2) is 0 Å². The zero-order chi connectivity index (χ0) is 77.5. The number of rotatable bonds is 11. The van der Waals surface area contributed by atoms with Gasteiger partial charge in [-0.05, 0) is 269 Å². The maximum absolute atomic E-state index is 2.39. The van der Waals surface area contributed by atoms with Crippen molar-refractivity contribution in [2.45, 2.75) is 158 Å². The third kappa shape index (κ3) is 19.8. The molecule has 546 valence electrons. The standard InChI is InChI=1S/C31H34N.C26H32N.C25H30N.C21H22N/c1-19-13-23(5)31(24(6)14-19)29-17-30(32(8)18-25(29)7)28-16-27(21(3)15-22(28)4)26-12-10-9-11-20(26)2;1-18-8-11-21(12-9-18)22-13-10-19(2)24(14-22)25-15-23(16-26(4,5)6)20(3)17-27(25)7;1-18-7-10-21(11-8-18)22-12-9-19(2)23(16-22)24-15-20(13-14-26(24)6)17-25(3,4)5;1-15-5-8-18(9-6-15)19-10-7-17(3)20(14-19)21-13-16(2)11-12-22(21)4/h9-18H,1-8H3;8-15,17H,16H2,1-7H3;7-16H,17H2,1-6H3;5-14H,1-4H3/q4*+1. The second-order valence-corrected chi connectivity index (χ2v) is 33.3. The zero-order valence-electron chi connectivity index (χ0n) is 69.2. The molecule has 107 heavy (non-hydrogen) atoms. The number of nitrogens with zero attached hydrogens (tertiary/aromatic N) is 4. The minimum absolute atomic E-state index is 0.279. The van der Waals surface area contributed by atoms with Crippen molar-refractivity contribution in [3.63, 3.8) is 0 Å².